The second kappa shape index (κ2) is 9.08. The molecule has 0 saturated carbocycles. The van der Waals surface area contributed by atoms with Crippen molar-refractivity contribution in [2.45, 2.75) is 31.7 Å². The molecule has 2 aliphatic rings. The highest BCUT2D eigenvalue weighted by molar-refractivity contribution is 8.15. The normalized spacial score (nSPS) is 20.1. The van der Waals surface area contributed by atoms with E-state index < -0.39 is 12.0 Å². The third-order valence-corrected chi connectivity index (χ3v) is 6.47. The van der Waals surface area contributed by atoms with Crippen molar-refractivity contribution in [1.29, 1.82) is 0 Å². The van der Waals surface area contributed by atoms with Crippen molar-refractivity contribution in [1.82, 2.24) is 4.90 Å². The Kier molecular flexibility index (Phi) is 6.23. The summed E-state index contributed by atoms with van der Waals surface area (Å²) >= 11 is 1.39. The summed E-state index contributed by atoms with van der Waals surface area (Å²) in [5.74, 6) is 0.460. The van der Waals surface area contributed by atoms with Gasteiger partial charge in [-0.2, -0.15) is 0 Å². The van der Waals surface area contributed by atoms with E-state index in [-0.39, 0.29) is 17.8 Å². The second-order valence-electron chi connectivity index (χ2n) is 7.44. The summed E-state index contributed by atoms with van der Waals surface area (Å²) < 4.78 is 16.4. The average Bonchev–Trinajstić information content (AvgIpc) is 3.09. The monoisotopic (exact) mass is 452 g/mol. The number of hydrogen-bond acceptors (Lipinski definition) is 7. The van der Waals surface area contributed by atoms with Gasteiger partial charge in [-0.05, 0) is 37.1 Å². The average molecular weight is 453 g/mol. The van der Waals surface area contributed by atoms with E-state index in [2.05, 4.69) is 4.99 Å². The number of esters is 1. The van der Waals surface area contributed by atoms with E-state index in [0.29, 0.717) is 33.5 Å². The molecule has 2 aromatic rings. The molecule has 7 nitrogen and oxygen atoms in total. The maximum absolute atomic E-state index is 13.3. The van der Waals surface area contributed by atoms with Gasteiger partial charge < -0.3 is 14.2 Å². The lowest BCUT2D eigenvalue weighted by Crippen LogP contribution is -2.40. The summed E-state index contributed by atoms with van der Waals surface area (Å²) in [6.45, 7) is 3.73. The second-order valence-corrected chi connectivity index (χ2v) is 8.75. The van der Waals surface area contributed by atoms with Crippen LogP contribution in [-0.4, -0.2) is 41.4 Å². The number of fused-ring (bicyclic) bond motifs is 1. The fraction of sp³-hybridized carbons (Fsp3) is 0.292. The van der Waals surface area contributed by atoms with Crippen LogP contribution in [-0.2, 0) is 20.9 Å². The van der Waals surface area contributed by atoms with Crippen molar-refractivity contribution in [2.24, 2.45) is 4.99 Å². The fourth-order valence-corrected chi connectivity index (χ4v) is 4.83. The lowest BCUT2D eigenvalue weighted by molar-refractivity contribution is -0.141. The van der Waals surface area contributed by atoms with Crippen molar-refractivity contribution in [2.75, 3.05) is 14.2 Å². The Bertz CT molecular complexity index is 1110. The molecule has 0 aliphatic carbocycles. The summed E-state index contributed by atoms with van der Waals surface area (Å²) in [4.78, 5) is 32.5. The van der Waals surface area contributed by atoms with Gasteiger partial charge in [0.05, 0.1) is 36.8 Å². The number of rotatable bonds is 6. The van der Waals surface area contributed by atoms with Gasteiger partial charge in [-0.1, -0.05) is 48.2 Å². The third-order valence-electron chi connectivity index (χ3n) is 5.41. The molecule has 0 bridgehead atoms. The highest BCUT2D eigenvalue weighted by Crippen LogP contribution is 2.44. The first-order valence-electron chi connectivity index (χ1n) is 10.2. The molecule has 0 radical (unpaired) electrons. The number of carbonyl (C=O) groups excluding carboxylic acids is 2. The fourth-order valence-electron chi connectivity index (χ4n) is 3.80. The molecule has 166 valence electrons. The van der Waals surface area contributed by atoms with Gasteiger partial charge >= 0.3 is 5.97 Å². The number of ether oxygens (including phenoxy) is 3. The van der Waals surface area contributed by atoms with Gasteiger partial charge in [0.2, 0.25) is 5.91 Å². The molecule has 32 heavy (non-hydrogen) atoms. The maximum Gasteiger partial charge on any atom is 0.338 e. The van der Waals surface area contributed by atoms with Gasteiger partial charge in [0.15, 0.2) is 16.7 Å². The molecule has 1 saturated heterocycles. The third kappa shape index (κ3) is 3.98. The molecular weight excluding hydrogens is 428 g/mol. The van der Waals surface area contributed by atoms with Crippen LogP contribution in [0, 0.1) is 0 Å². The summed E-state index contributed by atoms with van der Waals surface area (Å²) in [7, 11) is 3.10. The zero-order chi connectivity index (χ0) is 22.8. The first kappa shape index (κ1) is 22.0. The van der Waals surface area contributed by atoms with Crippen molar-refractivity contribution in [3.63, 3.8) is 0 Å². The van der Waals surface area contributed by atoms with E-state index in [9.17, 15) is 9.59 Å². The van der Waals surface area contributed by atoms with E-state index >= 15 is 0 Å². The summed E-state index contributed by atoms with van der Waals surface area (Å²) in [6, 6.07) is 14.2. The van der Waals surface area contributed by atoms with E-state index in [1.165, 1.54) is 11.8 Å². The lowest BCUT2D eigenvalue weighted by Gasteiger charge is -2.33. The van der Waals surface area contributed by atoms with Crippen molar-refractivity contribution >= 4 is 28.8 Å². The number of amidine groups is 1. The zero-order valence-corrected chi connectivity index (χ0v) is 19.1. The number of amides is 1. The van der Waals surface area contributed by atoms with Crippen molar-refractivity contribution in [3.8, 4) is 11.5 Å². The van der Waals surface area contributed by atoms with Gasteiger partial charge in [0.1, 0.15) is 6.61 Å². The topological polar surface area (TPSA) is 77.4 Å². The van der Waals surface area contributed by atoms with Crippen LogP contribution in [0.3, 0.4) is 0 Å². The summed E-state index contributed by atoms with van der Waals surface area (Å²) in [5, 5.41) is 0.295. The predicted molar refractivity (Wildman–Crippen MR) is 123 cm³/mol. The molecule has 0 N–H and O–H groups in total. The van der Waals surface area contributed by atoms with Gasteiger partial charge in [-0.3, -0.25) is 9.69 Å². The van der Waals surface area contributed by atoms with Crippen molar-refractivity contribution < 1.29 is 23.8 Å². The molecule has 1 amide bonds. The Morgan fingerprint density at radius 3 is 2.50 bits per heavy atom. The van der Waals surface area contributed by atoms with Crippen LogP contribution in [0.1, 0.15) is 31.0 Å². The smallest absolute Gasteiger partial charge is 0.338 e. The molecule has 0 spiro atoms. The molecule has 2 aliphatic heterocycles. The highest BCUT2D eigenvalue weighted by Gasteiger charge is 2.46. The Morgan fingerprint density at radius 1 is 1.09 bits per heavy atom. The van der Waals surface area contributed by atoms with Crippen LogP contribution < -0.4 is 9.47 Å². The van der Waals surface area contributed by atoms with E-state index in [4.69, 9.17) is 14.2 Å². The van der Waals surface area contributed by atoms with Gasteiger partial charge in [0, 0.05) is 0 Å². The molecule has 4 rings (SSSR count). The summed E-state index contributed by atoms with van der Waals surface area (Å²) in [5.41, 5.74) is 2.45. The minimum Gasteiger partial charge on any atom is -0.493 e. The van der Waals surface area contributed by atoms with E-state index in [1.54, 1.807) is 38.2 Å². The molecule has 2 heterocycles. The van der Waals surface area contributed by atoms with Gasteiger partial charge in [-0.25, -0.2) is 9.79 Å². The number of allylic oxidation sites excluding steroid dienone is 1. The predicted octanol–water partition coefficient (Wildman–Crippen LogP) is 4.10. The molecule has 1 fully saturated rings. The number of thioether (sulfide) groups is 1. The maximum atomic E-state index is 13.3. The minimum absolute atomic E-state index is 0.102. The molecular formula is C24H24N2O5S. The quantitative estimate of drug-likeness (QED) is 0.615. The van der Waals surface area contributed by atoms with Crippen LogP contribution in [0.2, 0.25) is 0 Å². The first-order chi connectivity index (χ1) is 15.4. The number of benzene rings is 2. The number of carbonyl (C=O) groups is 2. The largest absolute Gasteiger partial charge is 0.493 e. The van der Waals surface area contributed by atoms with E-state index in [0.717, 1.165) is 5.56 Å². The minimum atomic E-state index is -0.671. The Hall–Kier alpha value is -3.26. The Labute approximate surface area is 191 Å². The van der Waals surface area contributed by atoms with E-state index in [1.807, 2.05) is 43.3 Å². The molecule has 2 atom stereocenters. The summed E-state index contributed by atoms with van der Waals surface area (Å²) in [6.07, 6.45) is 0. The standard InChI is InChI=1S/C24H24N2O5S/c1-14-20(23(28)31-13-16-8-6-5-7-9-16)21(26-22(27)15(2)32-24(26)25-14)17-10-11-18(29-3)19(12-17)30-4/h5-12,15,21H,13H2,1-4H3. The van der Waals surface area contributed by atoms with Crippen LogP contribution in [0.15, 0.2) is 64.8 Å². The lowest BCUT2D eigenvalue weighted by atomic mass is 9.94. The zero-order valence-electron chi connectivity index (χ0n) is 18.3. The molecule has 2 unspecified atom stereocenters. The number of hydrogen-bond donors (Lipinski definition) is 0. The van der Waals surface area contributed by atoms with Crippen LogP contribution in [0.4, 0.5) is 0 Å². The number of aliphatic imine (C=N–C) groups is 1. The Balaban J connectivity index is 1.75. The van der Waals surface area contributed by atoms with Gasteiger partial charge in [-0.15, -0.1) is 0 Å². The highest BCUT2D eigenvalue weighted by atomic mass is 32.2. The molecule has 0 aromatic heterocycles. The SMILES string of the molecule is COc1ccc(C2C(C(=O)OCc3ccccc3)=C(C)N=C3SC(C)C(=O)N32)cc1OC. The Morgan fingerprint density at radius 2 is 1.81 bits per heavy atom. The molecule has 2 aromatic carbocycles. The molecule has 8 heteroatoms. The van der Waals surface area contributed by atoms with Crippen molar-refractivity contribution in [3.05, 3.63) is 70.9 Å². The van der Waals surface area contributed by atoms with Crippen LogP contribution in [0.5, 0.6) is 11.5 Å². The first-order valence-corrected chi connectivity index (χ1v) is 11.0. The van der Waals surface area contributed by atoms with Crippen LogP contribution >= 0.6 is 11.8 Å². The van der Waals surface area contributed by atoms with Crippen LogP contribution in [0.25, 0.3) is 0 Å². The van der Waals surface area contributed by atoms with Gasteiger partial charge in [0.25, 0.3) is 0 Å². The number of methoxy groups -OCH3 is 2. The number of nitrogens with zero attached hydrogens (tertiary/aromatic N) is 2.